The second-order valence-corrected chi connectivity index (χ2v) is 6.59. The van der Waals surface area contributed by atoms with Gasteiger partial charge in [0.2, 0.25) is 10.0 Å². The quantitative estimate of drug-likeness (QED) is 0.852. The molecule has 0 amide bonds. The van der Waals surface area contributed by atoms with Crippen molar-refractivity contribution in [1.82, 2.24) is 4.31 Å². The third-order valence-corrected chi connectivity index (χ3v) is 4.75. The summed E-state index contributed by atoms with van der Waals surface area (Å²) in [5, 5.41) is 1.27. The molecule has 0 aromatic heterocycles. The fourth-order valence-corrected chi connectivity index (χ4v) is 3.50. The van der Waals surface area contributed by atoms with Crippen LogP contribution in [0.15, 0.2) is 35.7 Å². The van der Waals surface area contributed by atoms with Gasteiger partial charge in [-0.1, -0.05) is 30.3 Å². The molecule has 2 atom stereocenters. The van der Waals surface area contributed by atoms with Crippen molar-refractivity contribution in [3.63, 3.8) is 0 Å². The van der Waals surface area contributed by atoms with Crippen LogP contribution in [-0.2, 0) is 14.8 Å². The number of hydrogen-bond donors (Lipinski definition) is 0. The Kier molecular flexibility index (Phi) is 4.39. The van der Waals surface area contributed by atoms with E-state index in [9.17, 15) is 8.42 Å². The lowest BCUT2D eigenvalue weighted by Gasteiger charge is -2.34. The molecule has 1 fully saturated rings. The molecule has 2 rings (SSSR count). The van der Waals surface area contributed by atoms with Gasteiger partial charge in [0.1, 0.15) is 0 Å². The van der Waals surface area contributed by atoms with E-state index in [4.69, 9.17) is 4.74 Å². The van der Waals surface area contributed by atoms with Crippen LogP contribution >= 0.6 is 0 Å². The van der Waals surface area contributed by atoms with E-state index in [1.54, 1.807) is 6.08 Å². The SMILES string of the molecule is CC1CN(S(=O)(=O)/C=C/c2ccccc2)C(C)CO1. The van der Waals surface area contributed by atoms with Crippen LogP contribution in [0.25, 0.3) is 6.08 Å². The second-order valence-electron chi connectivity index (χ2n) is 4.82. The van der Waals surface area contributed by atoms with Crippen LogP contribution in [0.2, 0.25) is 0 Å². The Morgan fingerprint density at radius 3 is 2.63 bits per heavy atom. The normalized spacial score (nSPS) is 25.8. The first-order valence-corrected chi connectivity index (χ1v) is 7.86. The number of sulfonamides is 1. The number of rotatable bonds is 3. The van der Waals surface area contributed by atoms with Crippen molar-refractivity contribution in [2.24, 2.45) is 0 Å². The summed E-state index contributed by atoms with van der Waals surface area (Å²) in [7, 11) is -3.39. The first-order chi connectivity index (χ1) is 8.99. The monoisotopic (exact) mass is 281 g/mol. The third-order valence-electron chi connectivity index (χ3n) is 3.11. The fraction of sp³-hybridized carbons (Fsp3) is 0.429. The van der Waals surface area contributed by atoms with E-state index in [2.05, 4.69) is 0 Å². The molecule has 0 saturated carbocycles. The molecule has 0 bridgehead atoms. The Labute approximate surface area is 114 Å². The van der Waals surface area contributed by atoms with E-state index in [1.807, 2.05) is 44.2 Å². The highest BCUT2D eigenvalue weighted by molar-refractivity contribution is 7.92. The highest BCUT2D eigenvalue weighted by Crippen LogP contribution is 2.17. The van der Waals surface area contributed by atoms with Gasteiger partial charge >= 0.3 is 0 Å². The Hall–Kier alpha value is -1.17. The predicted octanol–water partition coefficient (Wildman–Crippen LogP) is 2.10. The summed E-state index contributed by atoms with van der Waals surface area (Å²) in [4.78, 5) is 0. The fourth-order valence-electron chi connectivity index (χ4n) is 2.03. The molecule has 1 aromatic carbocycles. The minimum atomic E-state index is -3.39. The zero-order chi connectivity index (χ0) is 13.9. The topological polar surface area (TPSA) is 46.6 Å². The lowest BCUT2D eigenvalue weighted by Crippen LogP contribution is -2.49. The predicted molar refractivity (Wildman–Crippen MR) is 76.0 cm³/mol. The third kappa shape index (κ3) is 3.65. The maximum Gasteiger partial charge on any atom is 0.236 e. The Bertz CT molecular complexity index is 539. The average Bonchev–Trinajstić information content (AvgIpc) is 2.40. The van der Waals surface area contributed by atoms with Gasteiger partial charge in [-0.2, -0.15) is 4.31 Å². The van der Waals surface area contributed by atoms with Crippen LogP contribution in [0, 0.1) is 0 Å². The van der Waals surface area contributed by atoms with Gasteiger partial charge in [-0.3, -0.25) is 0 Å². The summed E-state index contributed by atoms with van der Waals surface area (Å²) in [6, 6.07) is 9.28. The highest BCUT2D eigenvalue weighted by atomic mass is 32.2. The molecule has 1 aliphatic rings. The smallest absolute Gasteiger partial charge is 0.236 e. The molecule has 0 radical (unpaired) electrons. The molecular weight excluding hydrogens is 262 g/mol. The van der Waals surface area contributed by atoms with Crippen LogP contribution < -0.4 is 0 Å². The Morgan fingerprint density at radius 2 is 1.95 bits per heavy atom. The number of benzene rings is 1. The first-order valence-electron chi connectivity index (χ1n) is 6.35. The van der Waals surface area contributed by atoms with Gasteiger partial charge in [-0.05, 0) is 25.5 Å². The Morgan fingerprint density at radius 1 is 1.26 bits per heavy atom. The molecule has 2 unspecified atom stereocenters. The van der Waals surface area contributed by atoms with Crippen LogP contribution in [0.1, 0.15) is 19.4 Å². The zero-order valence-corrected chi connectivity index (χ0v) is 12.0. The number of nitrogens with zero attached hydrogens (tertiary/aromatic N) is 1. The molecule has 1 saturated heterocycles. The summed E-state index contributed by atoms with van der Waals surface area (Å²) < 4.78 is 31.5. The van der Waals surface area contributed by atoms with E-state index >= 15 is 0 Å². The van der Waals surface area contributed by atoms with Gasteiger partial charge in [0.15, 0.2) is 0 Å². The van der Waals surface area contributed by atoms with Crippen LogP contribution in [0.5, 0.6) is 0 Å². The molecule has 1 heterocycles. The summed E-state index contributed by atoms with van der Waals surface area (Å²) in [6.45, 7) is 4.59. The van der Waals surface area contributed by atoms with Crippen molar-refractivity contribution in [2.45, 2.75) is 26.0 Å². The number of morpholine rings is 1. The van der Waals surface area contributed by atoms with Gasteiger partial charge in [0.05, 0.1) is 12.7 Å². The minimum Gasteiger partial charge on any atom is -0.375 e. The van der Waals surface area contributed by atoms with Crippen molar-refractivity contribution in [1.29, 1.82) is 0 Å². The number of hydrogen-bond acceptors (Lipinski definition) is 3. The standard InChI is InChI=1S/C14H19NO3S/c1-12-11-18-13(2)10-15(12)19(16,17)9-8-14-6-4-3-5-7-14/h3-9,12-13H,10-11H2,1-2H3/b9-8+. The molecule has 19 heavy (non-hydrogen) atoms. The summed E-state index contributed by atoms with van der Waals surface area (Å²) in [5.74, 6) is 0. The molecular formula is C14H19NO3S. The van der Waals surface area contributed by atoms with E-state index in [0.717, 1.165) is 5.56 Å². The lowest BCUT2D eigenvalue weighted by molar-refractivity contribution is -0.0166. The van der Waals surface area contributed by atoms with Crippen molar-refractivity contribution in [2.75, 3.05) is 13.2 Å². The van der Waals surface area contributed by atoms with Crippen molar-refractivity contribution in [3.05, 3.63) is 41.3 Å². The molecule has 1 aromatic rings. The summed E-state index contributed by atoms with van der Waals surface area (Å²) in [5.41, 5.74) is 0.875. The first kappa shape index (κ1) is 14.2. The molecule has 4 nitrogen and oxygen atoms in total. The molecule has 1 aliphatic heterocycles. The van der Waals surface area contributed by atoms with Gasteiger partial charge in [0, 0.05) is 18.0 Å². The lowest BCUT2D eigenvalue weighted by atomic mass is 10.2. The van der Waals surface area contributed by atoms with Crippen molar-refractivity contribution < 1.29 is 13.2 Å². The van der Waals surface area contributed by atoms with Crippen molar-refractivity contribution in [3.8, 4) is 0 Å². The van der Waals surface area contributed by atoms with E-state index in [1.165, 1.54) is 9.71 Å². The average molecular weight is 281 g/mol. The van der Waals surface area contributed by atoms with E-state index < -0.39 is 10.0 Å². The maximum atomic E-state index is 12.3. The number of ether oxygens (including phenoxy) is 1. The zero-order valence-electron chi connectivity index (χ0n) is 11.2. The highest BCUT2D eigenvalue weighted by Gasteiger charge is 2.31. The van der Waals surface area contributed by atoms with Crippen LogP contribution in [-0.4, -0.2) is 38.0 Å². The minimum absolute atomic E-state index is 0.0592. The molecule has 5 heteroatoms. The summed E-state index contributed by atoms with van der Waals surface area (Å²) >= 11 is 0. The largest absolute Gasteiger partial charge is 0.375 e. The molecule has 0 spiro atoms. The van der Waals surface area contributed by atoms with Crippen molar-refractivity contribution >= 4 is 16.1 Å². The maximum absolute atomic E-state index is 12.3. The van der Waals surface area contributed by atoms with Crippen LogP contribution in [0.4, 0.5) is 0 Å². The van der Waals surface area contributed by atoms with Gasteiger partial charge in [-0.25, -0.2) is 8.42 Å². The second kappa shape index (κ2) is 5.86. The Balaban J connectivity index is 2.16. The van der Waals surface area contributed by atoms with Crippen LogP contribution in [0.3, 0.4) is 0 Å². The van der Waals surface area contributed by atoms with Gasteiger partial charge in [-0.15, -0.1) is 0 Å². The van der Waals surface area contributed by atoms with E-state index in [0.29, 0.717) is 13.2 Å². The van der Waals surface area contributed by atoms with Gasteiger partial charge in [0.25, 0.3) is 0 Å². The summed E-state index contributed by atoms with van der Waals surface area (Å²) in [6.07, 6.45) is 1.57. The van der Waals surface area contributed by atoms with E-state index in [-0.39, 0.29) is 12.1 Å². The van der Waals surface area contributed by atoms with Gasteiger partial charge < -0.3 is 4.74 Å². The molecule has 0 N–H and O–H groups in total. The molecule has 0 aliphatic carbocycles. The molecule has 104 valence electrons.